The van der Waals surface area contributed by atoms with Gasteiger partial charge in [-0.1, -0.05) is 61.5 Å². The number of guanidine groups is 1. The number of aromatic nitrogens is 3. The van der Waals surface area contributed by atoms with E-state index >= 15 is 0 Å². The highest BCUT2D eigenvalue weighted by atomic mass is 127. The Kier molecular flexibility index (Phi) is 9.29. The fourth-order valence-electron chi connectivity index (χ4n) is 3.05. The average molecular weight is 518 g/mol. The van der Waals surface area contributed by atoms with Crippen LogP contribution < -0.4 is 5.32 Å². The Morgan fingerprint density at radius 1 is 1.00 bits per heavy atom. The maximum Gasteiger partial charge on any atom is 0.194 e. The van der Waals surface area contributed by atoms with Crippen molar-refractivity contribution in [3.05, 3.63) is 82.9 Å². The molecular weight excluding hydrogens is 487 g/mol. The number of nitrogens with zero attached hydrogens (tertiary/aromatic N) is 5. The summed E-state index contributed by atoms with van der Waals surface area (Å²) in [5.41, 5.74) is 3.79. The lowest BCUT2D eigenvalue weighted by molar-refractivity contribution is 0.472. The van der Waals surface area contributed by atoms with Gasteiger partial charge in [0.05, 0.1) is 13.1 Å². The highest BCUT2D eigenvalue weighted by Crippen LogP contribution is 2.09. The number of aryl methyl sites for hydroxylation is 2. The van der Waals surface area contributed by atoms with Gasteiger partial charge in [0.15, 0.2) is 11.8 Å². The predicted molar refractivity (Wildman–Crippen MR) is 133 cm³/mol. The average Bonchev–Trinajstić information content (AvgIpc) is 3.07. The summed E-state index contributed by atoms with van der Waals surface area (Å²) in [4.78, 5) is 7.00. The van der Waals surface area contributed by atoms with Gasteiger partial charge in [-0.2, -0.15) is 0 Å². The van der Waals surface area contributed by atoms with Crippen LogP contribution in [0.3, 0.4) is 0 Å². The van der Waals surface area contributed by atoms with Crippen LogP contribution in [0.2, 0.25) is 0 Å². The van der Waals surface area contributed by atoms with Gasteiger partial charge in [-0.25, -0.2) is 4.99 Å². The van der Waals surface area contributed by atoms with Gasteiger partial charge in [-0.15, -0.1) is 34.2 Å². The summed E-state index contributed by atoms with van der Waals surface area (Å²) in [6.45, 7) is 6.10. The van der Waals surface area contributed by atoms with E-state index in [1.807, 2.05) is 36.7 Å². The van der Waals surface area contributed by atoms with Crippen LogP contribution in [-0.4, -0.2) is 32.7 Å². The third-order valence-electron chi connectivity index (χ3n) is 5.05. The first-order valence-corrected chi connectivity index (χ1v) is 10.0. The summed E-state index contributed by atoms with van der Waals surface area (Å²) >= 11 is 0. The van der Waals surface area contributed by atoms with Crippen LogP contribution in [0, 0.1) is 6.92 Å². The molecule has 0 saturated heterocycles. The topological polar surface area (TPSA) is 58.3 Å². The number of aliphatic imine (C=N–C) groups is 1. The van der Waals surface area contributed by atoms with Crippen molar-refractivity contribution in [3.8, 4) is 0 Å². The van der Waals surface area contributed by atoms with Crippen LogP contribution in [-0.2, 0) is 33.1 Å². The number of hydrogen-bond donors (Lipinski definition) is 1. The second-order valence-corrected chi connectivity index (χ2v) is 7.23. The Morgan fingerprint density at radius 2 is 1.67 bits per heavy atom. The third kappa shape index (κ3) is 6.55. The Morgan fingerprint density at radius 3 is 2.27 bits per heavy atom. The quantitative estimate of drug-likeness (QED) is 0.291. The lowest BCUT2D eigenvalue weighted by Crippen LogP contribution is -2.38. The van der Waals surface area contributed by atoms with Gasteiger partial charge in [0.25, 0.3) is 0 Å². The van der Waals surface area contributed by atoms with E-state index in [2.05, 4.69) is 70.8 Å². The zero-order chi connectivity index (χ0) is 20.6. The first-order valence-electron chi connectivity index (χ1n) is 10.0. The fraction of sp³-hybridized carbons (Fsp3) is 0.348. The van der Waals surface area contributed by atoms with Gasteiger partial charge in [-0.05, 0) is 30.0 Å². The Balaban J connectivity index is 0.00000320. The molecule has 1 N–H and O–H groups in total. The van der Waals surface area contributed by atoms with Crippen molar-refractivity contribution >= 4 is 29.9 Å². The van der Waals surface area contributed by atoms with Crippen molar-refractivity contribution in [2.75, 3.05) is 7.05 Å². The van der Waals surface area contributed by atoms with Gasteiger partial charge in [0.2, 0.25) is 0 Å². The summed E-state index contributed by atoms with van der Waals surface area (Å²) in [7, 11) is 4.04. The summed E-state index contributed by atoms with van der Waals surface area (Å²) in [6.07, 6.45) is 1.05. The van der Waals surface area contributed by atoms with E-state index in [9.17, 15) is 0 Å². The van der Waals surface area contributed by atoms with Gasteiger partial charge >= 0.3 is 0 Å². The van der Waals surface area contributed by atoms with Crippen LogP contribution in [0.5, 0.6) is 0 Å². The van der Waals surface area contributed by atoms with Crippen LogP contribution in [0.4, 0.5) is 0 Å². The van der Waals surface area contributed by atoms with Crippen LogP contribution in [0.1, 0.15) is 35.3 Å². The zero-order valence-electron chi connectivity index (χ0n) is 18.2. The van der Waals surface area contributed by atoms with E-state index < -0.39 is 0 Å². The van der Waals surface area contributed by atoms with E-state index in [-0.39, 0.29) is 24.0 Å². The highest BCUT2D eigenvalue weighted by molar-refractivity contribution is 14.0. The van der Waals surface area contributed by atoms with Gasteiger partial charge in [0, 0.05) is 20.6 Å². The molecule has 0 saturated carbocycles. The molecule has 3 aromatic rings. The molecule has 0 radical (unpaired) electrons. The molecule has 1 heterocycles. The Labute approximate surface area is 196 Å². The van der Waals surface area contributed by atoms with Gasteiger partial charge in [0.1, 0.15) is 5.82 Å². The summed E-state index contributed by atoms with van der Waals surface area (Å²) < 4.78 is 1.99. The van der Waals surface area contributed by atoms with E-state index in [4.69, 9.17) is 4.99 Å². The van der Waals surface area contributed by atoms with E-state index in [1.54, 1.807) is 0 Å². The monoisotopic (exact) mass is 518 g/mol. The molecule has 0 bridgehead atoms. The molecule has 0 fully saturated rings. The second-order valence-electron chi connectivity index (χ2n) is 7.23. The summed E-state index contributed by atoms with van der Waals surface area (Å²) in [5.74, 6) is 2.62. The zero-order valence-corrected chi connectivity index (χ0v) is 20.5. The number of halogens is 1. The molecule has 0 aliphatic heterocycles. The molecule has 0 aliphatic rings. The largest absolute Gasteiger partial charge is 0.349 e. The number of benzene rings is 2. The van der Waals surface area contributed by atoms with E-state index in [0.29, 0.717) is 13.1 Å². The standard InChI is InChI=1S/C23H30N6.HI/c1-5-19-11-13-21(14-12-19)17-28(3)23(24-15-20-9-7-6-8-10-20)25-16-22-27-26-18(2)29(22)4;/h6-14H,5,15-17H2,1-4H3,(H,24,25);1H. The van der Waals surface area contributed by atoms with Gasteiger partial charge in [-0.3, -0.25) is 0 Å². The molecule has 160 valence electrons. The van der Waals surface area contributed by atoms with Gasteiger partial charge < -0.3 is 14.8 Å². The lowest BCUT2D eigenvalue weighted by Gasteiger charge is -2.23. The third-order valence-corrected chi connectivity index (χ3v) is 5.05. The van der Waals surface area contributed by atoms with Crippen LogP contribution >= 0.6 is 24.0 Å². The maximum atomic E-state index is 4.85. The molecular formula is C23H31IN6. The molecule has 6 nitrogen and oxygen atoms in total. The highest BCUT2D eigenvalue weighted by Gasteiger charge is 2.11. The first-order chi connectivity index (χ1) is 14.1. The number of hydrogen-bond acceptors (Lipinski definition) is 3. The molecule has 0 atom stereocenters. The molecule has 3 rings (SSSR count). The number of rotatable bonds is 7. The van der Waals surface area contributed by atoms with Crippen molar-refractivity contribution in [2.45, 2.75) is 39.9 Å². The first kappa shape index (κ1) is 23.9. The Hall–Kier alpha value is -2.42. The van der Waals surface area contributed by atoms with E-state index in [0.717, 1.165) is 30.6 Å². The molecule has 1 aromatic heterocycles. The van der Waals surface area contributed by atoms with Crippen LogP contribution in [0.15, 0.2) is 59.6 Å². The lowest BCUT2D eigenvalue weighted by atomic mass is 10.1. The van der Waals surface area contributed by atoms with Crippen molar-refractivity contribution in [2.24, 2.45) is 12.0 Å². The van der Waals surface area contributed by atoms with Crippen LogP contribution in [0.25, 0.3) is 0 Å². The van der Waals surface area contributed by atoms with E-state index in [1.165, 1.54) is 16.7 Å². The van der Waals surface area contributed by atoms with Crippen molar-refractivity contribution < 1.29 is 0 Å². The molecule has 0 aliphatic carbocycles. The molecule has 0 spiro atoms. The molecule has 30 heavy (non-hydrogen) atoms. The normalized spacial score (nSPS) is 11.1. The molecule has 7 heteroatoms. The second kappa shape index (κ2) is 11.7. The molecule has 0 amide bonds. The number of nitrogens with one attached hydrogen (secondary N) is 1. The molecule has 0 unspecified atom stereocenters. The summed E-state index contributed by atoms with van der Waals surface area (Å²) in [6, 6.07) is 19.1. The Bertz CT molecular complexity index is 934. The summed E-state index contributed by atoms with van der Waals surface area (Å²) in [5, 5.41) is 11.8. The van der Waals surface area contributed by atoms with Crippen molar-refractivity contribution in [1.82, 2.24) is 25.0 Å². The smallest absolute Gasteiger partial charge is 0.194 e. The fourth-order valence-corrected chi connectivity index (χ4v) is 3.05. The van der Waals surface area contributed by atoms with Crippen molar-refractivity contribution in [3.63, 3.8) is 0 Å². The minimum Gasteiger partial charge on any atom is -0.349 e. The predicted octanol–water partition coefficient (Wildman–Crippen LogP) is 4.08. The SMILES string of the molecule is CCc1ccc(CN(C)C(=NCc2ccccc2)NCc2nnc(C)n2C)cc1.I. The maximum absolute atomic E-state index is 4.85. The minimum atomic E-state index is 0. The van der Waals surface area contributed by atoms with Crippen molar-refractivity contribution in [1.29, 1.82) is 0 Å². The minimum absolute atomic E-state index is 0. The molecule has 2 aromatic carbocycles.